The summed E-state index contributed by atoms with van der Waals surface area (Å²) in [5, 5.41) is 10.7. The van der Waals surface area contributed by atoms with Crippen LogP contribution in [0.5, 0.6) is 5.75 Å². The number of rotatable bonds is 5. The maximum atomic E-state index is 11.1. The molecular weight excluding hydrogens is 210 g/mol. The number of nitrogens with zero attached hydrogens (tertiary/aromatic N) is 1. The Labute approximate surface area is 93.2 Å². The lowest BCUT2D eigenvalue weighted by molar-refractivity contribution is -0.385. The van der Waals surface area contributed by atoms with Crippen molar-refractivity contribution >= 4 is 11.5 Å². The quantitative estimate of drug-likeness (QED) is 0.567. The van der Waals surface area contributed by atoms with Gasteiger partial charge in [-0.15, -0.1) is 0 Å². The van der Waals surface area contributed by atoms with E-state index in [4.69, 9.17) is 4.74 Å². The summed E-state index contributed by atoms with van der Waals surface area (Å²) >= 11 is 0. The van der Waals surface area contributed by atoms with Crippen molar-refractivity contribution in [2.75, 3.05) is 6.61 Å². The van der Waals surface area contributed by atoms with Crippen molar-refractivity contribution in [3.63, 3.8) is 0 Å². The number of Topliss-reactive ketones (excluding diaryl/α,β-unsaturated/α-hetero) is 1. The van der Waals surface area contributed by atoms with Crippen LogP contribution in [-0.2, 0) is 4.79 Å². The summed E-state index contributed by atoms with van der Waals surface area (Å²) in [6.07, 6.45) is 0.397. The predicted octanol–water partition coefficient (Wildman–Crippen LogP) is 2.26. The molecule has 0 bridgehead atoms. The predicted molar refractivity (Wildman–Crippen MR) is 58.6 cm³/mol. The molecule has 5 heteroatoms. The zero-order valence-corrected chi connectivity index (χ0v) is 9.23. The molecule has 0 heterocycles. The Kier molecular flexibility index (Phi) is 3.99. The average molecular weight is 223 g/mol. The lowest BCUT2D eigenvalue weighted by Crippen LogP contribution is -2.10. The number of hydrogen-bond acceptors (Lipinski definition) is 4. The molecule has 0 spiro atoms. The molecule has 0 amide bonds. The van der Waals surface area contributed by atoms with Crippen molar-refractivity contribution in [2.24, 2.45) is 0 Å². The van der Waals surface area contributed by atoms with Gasteiger partial charge >= 0.3 is 0 Å². The van der Waals surface area contributed by atoms with E-state index in [2.05, 4.69) is 0 Å². The average Bonchev–Trinajstić information content (AvgIpc) is 2.26. The maximum Gasteiger partial charge on any atom is 0.276 e. The number of carbonyl (C=O) groups excluding carboxylic acids is 1. The Hall–Kier alpha value is -1.91. The third-order valence-electron chi connectivity index (χ3n) is 2.24. The molecule has 0 N–H and O–H groups in total. The molecule has 5 nitrogen and oxygen atoms in total. The lowest BCUT2D eigenvalue weighted by atomic mass is 10.2. The van der Waals surface area contributed by atoms with Gasteiger partial charge in [0.05, 0.1) is 10.5 Å². The fourth-order valence-electron chi connectivity index (χ4n) is 1.22. The minimum absolute atomic E-state index is 0.00134. The molecule has 0 aliphatic carbocycles. The van der Waals surface area contributed by atoms with Crippen LogP contribution in [0.1, 0.15) is 18.9 Å². The lowest BCUT2D eigenvalue weighted by Gasteiger charge is -2.07. The van der Waals surface area contributed by atoms with Crippen molar-refractivity contribution in [3.05, 3.63) is 33.9 Å². The van der Waals surface area contributed by atoms with Crippen LogP contribution in [-0.4, -0.2) is 17.3 Å². The highest BCUT2D eigenvalue weighted by Gasteiger charge is 2.14. The van der Waals surface area contributed by atoms with Gasteiger partial charge in [0.2, 0.25) is 0 Å². The largest absolute Gasteiger partial charge is 0.485 e. The van der Waals surface area contributed by atoms with E-state index in [1.54, 1.807) is 19.9 Å². The molecular formula is C11H13NO4. The van der Waals surface area contributed by atoms with E-state index in [0.29, 0.717) is 17.7 Å². The molecule has 0 aliphatic rings. The van der Waals surface area contributed by atoms with Crippen molar-refractivity contribution in [1.29, 1.82) is 0 Å². The van der Waals surface area contributed by atoms with Crippen molar-refractivity contribution < 1.29 is 14.5 Å². The normalized spacial score (nSPS) is 9.88. The molecule has 0 aliphatic heterocycles. The first-order chi connectivity index (χ1) is 7.56. The van der Waals surface area contributed by atoms with E-state index >= 15 is 0 Å². The first-order valence-electron chi connectivity index (χ1n) is 4.94. The van der Waals surface area contributed by atoms with Gasteiger partial charge in [-0.1, -0.05) is 13.0 Å². The Morgan fingerprint density at radius 3 is 2.75 bits per heavy atom. The van der Waals surface area contributed by atoms with Crippen LogP contribution < -0.4 is 4.74 Å². The van der Waals surface area contributed by atoms with Gasteiger partial charge in [0, 0.05) is 12.5 Å². The van der Waals surface area contributed by atoms with Gasteiger partial charge in [-0.25, -0.2) is 0 Å². The second kappa shape index (κ2) is 5.25. The highest BCUT2D eigenvalue weighted by atomic mass is 16.6. The number of ether oxygens (including phenoxy) is 1. The summed E-state index contributed by atoms with van der Waals surface area (Å²) in [6, 6.07) is 4.56. The molecule has 1 rings (SSSR count). The summed E-state index contributed by atoms with van der Waals surface area (Å²) < 4.78 is 5.23. The van der Waals surface area contributed by atoms with Gasteiger partial charge in [-0.2, -0.15) is 0 Å². The first kappa shape index (κ1) is 12.2. The second-order valence-electron chi connectivity index (χ2n) is 3.34. The summed E-state index contributed by atoms with van der Waals surface area (Å²) in [5.41, 5.74) is 0.442. The molecule has 1 aromatic rings. The summed E-state index contributed by atoms with van der Waals surface area (Å²) in [6.45, 7) is 3.30. The molecule has 1 aromatic carbocycles. The van der Waals surface area contributed by atoms with Crippen LogP contribution >= 0.6 is 0 Å². The van der Waals surface area contributed by atoms with Gasteiger partial charge < -0.3 is 4.74 Å². The number of nitro groups is 1. The van der Waals surface area contributed by atoms with Crippen LogP contribution in [0.2, 0.25) is 0 Å². The highest BCUT2D eigenvalue weighted by Crippen LogP contribution is 2.26. The van der Waals surface area contributed by atoms with Crippen molar-refractivity contribution in [1.82, 2.24) is 0 Å². The number of ketones is 1. The third-order valence-corrected chi connectivity index (χ3v) is 2.24. The van der Waals surface area contributed by atoms with Crippen LogP contribution in [0.25, 0.3) is 0 Å². The van der Waals surface area contributed by atoms with Crippen LogP contribution in [0.4, 0.5) is 5.69 Å². The molecule has 0 aromatic heterocycles. The molecule has 0 saturated carbocycles. The van der Waals surface area contributed by atoms with E-state index in [1.807, 2.05) is 0 Å². The molecule has 86 valence electrons. The molecule has 0 radical (unpaired) electrons. The minimum Gasteiger partial charge on any atom is -0.485 e. The van der Waals surface area contributed by atoms with Gasteiger partial charge in [0.15, 0.2) is 5.78 Å². The highest BCUT2D eigenvalue weighted by molar-refractivity contribution is 5.79. The Bertz CT molecular complexity index is 414. The molecule has 0 saturated heterocycles. The van der Waals surface area contributed by atoms with Crippen LogP contribution in [0.3, 0.4) is 0 Å². The van der Waals surface area contributed by atoms with Gasteiger partial charge in [0.25, 0.3) is 5.69 Å². The number of benzene rings is 1. The molecule has 0 unspecified atom stereocenters. The molecule has 0 fully saturated rings. The maximum absolute atomic E-state index is 11.1. The number of nitro benzene ring substituents is 1. The topological polar surface area (TPSA) is 69.4 Å². The van der Waals surface area contributed by atoms with E-state index in [1.165, 1.54) is 12.1 Å². The summed E-state index contributed by atoms with van der Waals surface area (Å²) in [7, 11) is 0. The van der Waals surface area contributed by atoms with Gasteiger partial charge in [-0.05, 0) is 13.0 Å². The van der Waals surface area contributed by atoms with E-state index in [0.717, 1.165) is 0 Å². The Morgan fingerprint density at radius 1 is 1.50 bits per heavy atom. The van der Waals surface area contributed by atoms with Crippen LogP contribution in [0, 0.1) is 17.0 Å². The first-order valence-corrected chi connectivity index (χ1v) is 4.94. The van der Waals surface area contributed by atoms with Crippen molar-refractivity contribution in [2.45, 2.75) is 20.3 Å². The number of hydrogen-bond donors (Lipinski definition) is 0. The zero-order valence-electron chi connectivity index (χ0n) is 9.23. The summed E-state index contributed by atoms with van der Waals surface area (Å²) in [5.74, 6) is 0.349. The van der Waals surface area contributed by atoms with E-state index in [9.17, 15) is 14.9 Å². The van der Waals surface area contributed by atoms with Crippen molar-refractivity contribution in [3.8, 4) is 5.75 Å². The molecule has 0 atom stereocenters. The standard InChI is InChI=1S/C11H13NO4/c1-3-9(13)7-16-11-6-4-5-10(8(11)2)12(14)15/h4-6H,3,7H2,1-2H3. The fourth-order valence-corrected chi connectivity index (χ4v) is 1.22. The van der Waals surface area contributed by atoms with Gasteiger partial charge in [-0.3, -0.25) is 14.9 Å². The zero-order chi connectivity index (χ0) is 12.1. The third kappa shape index (κ3) is 2.79. The smallest absolute Gasteiger partial charge is 0.276 e. The van der Waals surface area contributed by atoms with E-state index in [-0.39, 0.29) is 18.1 Å². The second-order valence-corrected chi connectivity index (χ2v) is 3.34. The SMILES string of the molecule is CCC(=O)COc1cccc([N+](=O)[O-])c1C. The number of carbonyl (C=O) groups is 1. The fraction of sp³-hybridized carbons (Fsp3) is 0.364. The van der Waals surface area contributed by atoms with Crippen LogP contribution in [0.15, 0.2) is 18.2 Å². The van der Waals surface area contributed by atoms with Gasteiger partial charge in [0.1, 0.15) is 12.4 Å². The minimum atomic E-state index is -0.468. The van der Waals surface area contributed by atoms with E-state index < -0.39 is 4.92 Å². The monoisotopic (exact) mass is 223 g/mol. The Balaban J connectivity index is 2.85. The summed E-state index contributed by atoms with van der Waals surface area (Å²) in [4.78, 5) is 21.2. The Morgan fingerprint density at radius 2 is 2.19 bits per heavy atom. The molecule has 16 heavy (non-hydrogen) atoms.